The normalized spacial score (nSPS) is 11.7. The van der Waals surface area contributed by atoms with E-state index in [4.69, 9.17) is 27.9 Å². The molecular weight excluding hydrogens is 427 g/mol. The SMILES string of the molecule is CCC(CC)NC(=O)COC(=O)c1cc(S(=O)(=O)NCC(C)C)c(Cl)cc1Cl. The predicted molar refractivity (Wildman–Crippen MR) is 109 cm³/mol. The Morgan fingerprint density at radius 2 is 1.71 bits per heavy atom. The van der Waals surface area contributed by atoms with E-state index in [9.17, 15) is 18.0 Å². The first kappa shape index (κ1) is 24.7. The monoisotopic (exact) mass is 452 g/mol. The lowest BCUT2D eigenvalue weighted by molar-refractivity contribution is -0.125. The number of esters is 1. The van der Waals surface area contributed by atoms with E-state index >= 15 is 0 Å². The third-order valence-electron chi connectivity index (χ3n) is 3.90. The summed E-state index contributed by atoms with van der Waals surface area (Å²) in [4.78, 5) is 23.9. The molecule has 1 aromatic carbocycles. The second kappa shape index (κ2) is 11.0. The van der Waals surface area contributed by atoms with Gasteiger partial charge in [-0.1, -0.05) is 50.9 Å². The number of halogens is 2. The topological polar surface area (TPSA) is 102 Å². The number of hydrogen-bond acceptors (Lipinski definition) is 5. The molecule has 0 aliphatic rings. The van der Waals surface area contributed by atoms with Gasteiger partial charge in [0.2, 0.25) is 10.0 Å². The molecule has 158 valence electrons. The van der Waals surface area contributed by atoms with E-state index in [1.165, 1.54) is 0 Å². The quantitative estimate of drug-likeness (QED) is 0.529. The molecule has 0 aliphatic carbocycles. The van der Waals surface area contributed by atoms with Crippen molar-refractivity contribution >= 4 is 45.1 Å². The number of nitrogens with one attached hydrogen (secondary N) is 2. The number of hydrogen-bond donors (Lipinski definition) is 2. The molecule has 0 saturated carbocycles. The van der Waals surface area contributed by atoms with Crippen molar-refractivity contribution in [3.63, 3.8) is 0 Å². The van der Waals surface area contributed by atoms with Crippen LogP contribution in [0.5, 0.6) is 0 Å². The van der Waals surface area contributed by atoms with Crippen LogP contribution in [0.4, 0.5) is 0 Å². The van der Waals surface area contributed by atoms with Gasteiger partial charge in [-0.05, 0) is 30.9 Å². The van der Waals surface area contributed by atoms with E-state index in [1.54, 1.807) is 0 Å². The minimum atomic E-state index is -3.94. The first-order valence-electron chi connectivity index (χ1n) is 8.96. The highest BCUT2D eigenvalue weighted by molar-refractivity contribution is 7.89. The van der Waals surface area contributed by atoms with E-state index in [0.29, 0.717) is 0 Å². The summed E-state index contributed by atoms with van der Waals surface area (Å²) in [6.45, 7) is 7.27. The Balaban J connectivity index is 2.96. The second-order valence-electron chi connectivity index (χ2n) is 6.67. The van der Waals surface area contributed by atoms with Crippen molar-refractivity contribution in [2.75, 3.05) is 13.2 Å². The Morgan fingerprint density at radius 1 is 1.11 bits per heavy atom. The molecule has 0 heterocycles. The molecule has 28 heavy (non-hydrogen) atoms. The lowest BCUT2D eigenvalue weighted by atomic mass is 10.2. The van der Waals surface area contributed by atoms with Gasteiger partial charge in [0.05, 0.1) is 15.6 Å². The van der Waals surface area contributed by atoms with E-state index in [0.717, 1.165) is 25.0 Å². The zero-order valence-corrected chi connectivity index (χ0v) is 18.7. The van der Waals surface area contributed by atoms with Crippen molar-refractivity contribution in [2.45, 2.75) is 51.5 Å². The fourth-order valence-corrected chi connectivity index (χ4v) is 4.28. The Labute approximate surface area is 176 Å². The molecule has 10 heteroatoms. The average molecular weight is 453 g/mol. The first-order valence-corrected chi connectivity index (χ1v) is 11.2. The summed E-state index contributed by atoms with van der Waals surface area (Å²) in [5.74, 6) is -1.28. The standard InChI is InChI=1S/C18H26Cl2N2O5S/c1-5-12(6-2)22-17(23)10-27-18(24)13-7-16(15(20)8-14(13)19)28(25,26)21-9-11(3)4/h7-8,11-12,21H,5-6,9-10H2,1-4H3,(H,22,23). The molecule has 1 rings (SSSR count). The van der Waals surface area contributed by atoms with Gasteiger partial charge in [-0.3, -0.25) is 4.79 Å². The Bertz CT molecular complexity index is 808. The predicted octanol–water partition coefficient (Wildman–Crippen LogP) is 3.39. The largest absolute Gasteiger partial charge is 0.452 e. The molecule has 0 radical (unpaired) electrons. The number of sulfonamides is 1. The summed E-state index contributed by atoms with van der Waals surface area (Å²) in [7, 11) is -3.94. The molecular formula is C18H26Cl2N2O5S. The third-order valence-corrected chi connectivity index (χ3v) is 6.10. The van der Waals surface area contributed by atoms with E-state index in [2.05, 4.69) is 10.0 Å². The second-order valence-corrected chi connectivity index (χ2v) is 9.22. The first-order chi connectivity index (χ1) is 13.0. The molecule has 0 saturated heterocycles. The summed E-state index contributed by atoms with van der Waals surface area (Å²) in [6.07, 6.45) is 1.51. The molecule has 0 unspecified atom stereocenters. The summed E-state index contributed by atoms with van der Waals surface area (Å²) in [6, 6.07) is 2.21. The molecule has 1 aromatic rings. The lowest BCUT2D eigenvalue weighted by Crippen LogP contribution is -2.36. The van der Waals surface area contributed by atoms with E-state index in [1.807, 2.05) is 27.7 Å². The highest BCUT2D eigenvalue weighted by Crippen LogP contribution is 2.29. The van der Waals surface area contributed by atoms with Crippen molar-refractivity contribution in [1.29, 1.82) is 0 Å². The maximum atomic E-state index is 12.4. The zero-order valence-electron chi connectivity index (χ0n) is 16.3. The van der Waals surface area contributed by atoms with Gasteiger partial charge in [-0.25, -0.2) is 17.9 Å². The van der Waals surface area contributed by atoms with Crippen LogP contribution in [0.15, 0.2) is 17.0 Å². The van der Waals surface area contributed by atoms with Gasteiger partial charge in [-0.15, -0.1) is 0 Å². The van der Waals surface area contributed by atoms with E-state index < -0.39 is 28.5 Å². The highest BCUT2D eigenvalue weighted by Gasteiger charge is 2.24. The molecule has 1 amide bonds. The fraction of sp³-hybridized carbons (Fsp3) is 0.556. The summed E-state index contributed by atoms with van der Waals surface area (Å²) in [5.41, 5.74) is -0.189. The zero-order chi connectivity index (χ0) is 21.5. The van der Waals surface area contributed by atoms with Crippen LogP contribution in [0.25, 0.3) is 0 Å². The lowest BCUT2D eigenvalue weighted by Gasteiger charge is -2.15. The fourth-order valence-electron chi connectivity index (χ4n) is 2.22. The summed E-state index contributed by atoms with van der Waals surface area (Å²) < 4.78 is 32.3. The van der Waals surface area contributed by atoms with Crippen molar-refractivity contribution in [2.24, 2.45) is 5.92 Å². The molecule has 0 aromatic heterocycles. The van der Waals surface area contributed by atoms with Crippen molar-refractivity contribution in [3.8, 4) is 0 Å². The van der Waals surface area contributed by atoms with Crippen molar-refractivity contribution in [1.82, 2.24) is 10.0 Å². The molecule has 7 nitrogen and oxygen atoms in total. The summed E-state index contributed by atoms with van der Waals surface area (Å²) in [5, 5.41) is 2.54. The minimum absolute atomic E-state index is 0.00546. The van der Waals surface area contributed by atoms with Gasteiger partial charge in [0.25, 0.3) is 5.91 Å². The van der Waals surface area contributed by atoms with Crippen LogP contribution in [-0.2, 0) is 19.6 Å². The molecule has 0 aliphatic heterocycles. The third kappa shape index (κ3) is 7.24. The minimum Gasteiger partial charge on any atom is -0.452 e. The number of rotatable bonds is 10. The molecule has 0 spiro atoms. The van der Waals surface area contributed by atoms with E-state index in [-0.39, 0.29) is 39.0 Å². The van der Waals surface area contributed by atoms with Gasteiger partial charge < -0.3 is 10.1 Å². The molecule has 2 N–H and O–H groups in total. The van der Waals surface area contributed by atoms with Crippen LogP contribution in [-0.4, -0.2) is 39.5 Å². The van der Waals surface area contributed by atoms with Gasteiger partial charge in [-0.2, -0.15) is 0 Å². The van der Waals surface area contributed by atoms with Crippen molar-refractivity contribution < 1.29 is 22.7 Å². The van der Waals surface area contributed by atoms with Gasteiger partial charge in [0.15, 0.2) is 6.61 Å². The number of carbonyl (C=O) groups is 2. The van der Waals surface area contributed by atoms with Crippen LogP contribution in [0.3, 0.4) is 0 Å². The van der Waals surface area contributed by atoms with Crippen LogP contribution in [0.2, 0.25) is 10.0 Å². The van der Waals surface area contributed by atoms with Crippen LogP contribution < -0.4 is 10.0 Å². The molecule has 0 fully saturated rings. The number of amides is 1. The Kier molecular flexibility index (Phi) is 9.69. The van der Waals surface area contributed by atoms with Gasteiger partial charge in [0.1, 0.15) is 4.90 Å². The Hall–Kier alpha value is -1.35. The van der Waals surface area contributed by atoms with Crippen LogP contribution in [0, 0.1) is 5.92 Å². The van der Waals surface area contributed by atoms with Crippen molar-refractivity contribution in [3.05, 3.63) is 27.7 Å². The smallest absolute Gasteiger partial charge is 0.340 e. The maximum absolute atomic E-state index is 12.4. The van der Waals surface area contributed by atoms with Crippen LogP contribution >= 0.6 is 23.2 Å². The summed E-state index contributed by atoms with van der Waals surface area (Å²) >= 11 is 12.0. The number of ether oxygens (including phenoxy) is 1. The average Bonchev–Trinajstić information content (AvgIpc) is 2.62. The number of carbonyl (C=O) groups excluding carboxylic acids is 2. The number of benzene rings is 1. The molecule has 0 atom stereocenters. The highest BCUT2D eigenvalue weighted by atomic mass is 35.5. The van der Waals surface area contributed by atoms with Gasteiger partial charge >= 0.3 is 5.97 Å². The molecule has 0 bridgehead atoms. The maximum Gasteiger partial charge on any atom is 0.340 e. The van der Waals surface area contributed by atoms with Crippen LogP contribution in [0.1, 0.15) is 50.9 Å². The van der Waals surface area contributed by atoms with Gasteiger partial charge in [0, 0.05) is 12.6 Å². The Morgan fingerprint density at radius 3 is 2.25 bits per heavy atom.